The van der Waals surface area contributed by atoms with Gasteiger partial charge in [0, 0.05) is 11.1 Å². The maximum Gasteiger partial charge on any atom is 0.0249 e. The van der Waals surface area contributed by atoms with Gasteiger partial charge in [0.25, 0.3) is 0 Å². The molecule has 0 amide bonds. The van der Waals surface area contributed by atoms with Crippen molar-refractivity contribution in [2.24, 2.45) is 11.8 Å². The third-order valence-electron chi connectivity index (χ3n) is 7.16. The molecule has 1 fully saturated rings. The van der Waals surface area contributed by atoms with Crippen molar-refractivity contribution in [3.05, 3.63) is 83.4 Å². The van der Waals surface area contributed by atoms with E-state index in [0.29, 0.717) is 0 Å². The van der Waals surface area contributed by atoms with Gasteiger partial charge in [-0.1, -0.05) is 94.1 Å². The number of hydrogen-bond donors (Lipinski definition) is 0. The largest absolute Gasteiger partial charge is 0.103 e. The van der Waals surface area contributed by atoms with Crippen molar-refractivity contribution >= 4 is 0 Å². The third-order valence-corrected chi connectivity index (χ3v) is 7.16. The lowest BCUT2D eigenvalue weighted by Gasteiger charge is -2.28. The zero-order valence-corrected chi connectivity index (χ0v) is 20.3. The van der Waals surface area contributed by atoms with Crippen LogP contribution in [0.4, 0.5) is 0 Å². The van der Waals surface area contributed by atoms with Crippen molar-refractivity contribution in [3.8, 4) is 11.8 Å². The second kappa shape index (κ2) is 14.0. The normalized spacial score (nSPS) is 18.0. The minimum Gasteiger partial charge on any atom is -0.103 e. The van der Waals surface area contributed by atoms with Gasteiger partial charge in [-0.05, 0) is 85.8 Å². The summed E-state index contributed by atoms with van der Waals surface area (Å²) in [6, 6.07) is 17.7. The monoisotopic (exact) mass is 426 g/mol. The molecule has 0 aromatic heterocycles. The van der Waals surface area contributed by atoms with E-state index in [4.69, 9.17) is 0 Å². The summed E-state index contributed by atoms with van der Waals surface area (Å²) in [4.78, 5) is 0. The highest BCUT2D eigenvalue weighted by Gasteiger charge is 2.20. The lowest BCUT2D eigenvalue weighted by molar-refractivity contribution is 0.250. The van der Waals surface area contributed by atoms with E-state index in [1.807, 2.05) is 6.08 Å². The average Bonchev–Trinajstić information content (AvgIpc) is 2.85. The smallest absolute Gasteiger partial charge is 0.0249 e. The highest BCUT2D eigenvalue weighted by Crippen LogP contribution is 2.34. The first-order chi connectivity index (χ1) is 15.8. The Morgan fingerprint density at radius 2 is 1.25 bits per heavy atom. The summed E-state index contributed by atoms with van der Waals surface area (Å²) in [5, 5.41) is 0. The van der Waals surface area contributed by atoms with E-state index in [2.05, 4.69) is 73.9 Å². The van der Waals surface area contributed by atoms with E-state index in [9.17, 15) is 0 Å². The second-order valence-electron chi connectivity index (χ2n) is 9.75. The molecule has 1 aliphatic rings. The molecule has 2 aromatic rings. The Morgan fingerprint density at radius 1 is 0.719 bits per heavy atom. The molecule has 0 saturated heterocycles. The summed E-state index contributed by atoms with van der Waals surface area (Å²) in [5.41, 5.74) is 5.07. The molecule has 0 unspecified atom stereocenters. The van der Waals surface area contributed by atoms with Crippen LogP contribution in [-0.4, -0.2) is 0 Å². The molecule has 0 atom stereocenters. The minimum absolute atomic E-state index is 0.942. The molecule has 0 N–H and O–H groups in total. The number of rotatable bonds is 11. The van der Waals surface area contributed by atoms with Crippen LogP contribution in [0.3, 0.4) is 0 Å². The summed E-state index contributed by atoms with van der Waals surface area (Å²) in [6.45, 7) is 6.10. The maximum absolute atomic E-state index is 3.79. The van der Waals surface area contributed by atoms with Gasteiger partial charge >= 0.3 is 0 Å². The summed E-state index contributed by atoms with van der Waals surface area (Å²) in [7, 11) is 0. The Hall–Kier alpha value is -2.26. The molecule has 170 valence electrons. The first-order valence-electron chi connectivity index (χ1n) is 13.1. The predicted molar refractivity (Wildman–Crippen MR) is 140 cm³/mol. The fourth-order valence-corrected chi connectivity index (χ4v) is 4.94. The maximum atomic E-state index is 3.79. The Morgan fingerprint density at radius 3 is 1.78 bits per heavy atom. The molecule has 0 heteroatoms. The number of hydrogen-bond acceptors (Lipinski definition) is 0. The fourth-order valence-electron chi connectivity index (χ4n) is 4.94. The zero-order chi connectivity index (χ0) is 22.4. The number of benzene rings is 2. The molecule has 2 aromatic carbocycles. The van der Waals surface area contributed by atoms with Crippen molar-refractivity contribution in [2.45, 2.75) is 90.4 Å². The predicted octanol–water partition coefficient (Wildman–Crippen LogP) is 8.91. The Bertz CT molecular complexity index is 836. The minimum atomic E-state index is 0.942. The number of unbranched alkanes of at least 4 members (excludes halogenated alkanes) is 3. The zero-order valence-electron chi connectivity index (χ0n) is 20.3. The summed E-state index contributed by atoms with van der Waals surface area (Å²) in [6.07, 6.45) is 19.4. The first-order valence-corrected chi connectivity index (χ1v) is 13.1. The quantitative estimate of drug-likeness (QED) is 0.191. The highest BCUT2D eigenvalue weighted by atomic mass is 14.3. The van der Waals surface area contributed by atoms with Gasteiger partial charge in [-0.15, -0.1) is 6.58 Å². The van der Waals surface area contributed by atoms with Crippen LogP contribution in [-0.2, 0) is 12.8 Å². The van der Waals surface area contributed by atoms with Gasteiger partial charge in [-0.2, -0.15) is 0 Å². The average molecular weight is 427 g/mol. The van der Waals surface area contributed by atoms with Crippen LogP contribution in [0, 0.1) is 23.7 Å². The topological polar surface area (TPSA) is 0 Å². The lowest BCUT2D eigenvalue weighted by atomic mass is 9.78. The SMILES string of the molecule is C=CCCCCc1ccc(C#Cc2ccc(CCC3CCC(CCCC)CC3)cc2)cc1. The van der Waals surface area contributed by atoms with E-state index < -0.39 is 0 Å². The molecule has 1 saturated carbocycles. The molecule has 32 heavy (non-hydrogen) atoms. The van der Waals surface area contributed by atoms with Crippen molar-refractivity contribution in [1.29, 1.82) is 0 Å². The molecule has 0 nitrogen and oxygen atoms in total. The van der Waals surface area contributed by atoms with Crippen molar-refractivity contribution in [2.75, 3.05) is 0 Å². The summed E-state index contributed by atoms with van der Waals surface area (Å²) >= 11 is 0. The Balaban J connectivity index is 1.40. The lowest BCUT2D eigenvalue weighted by Crippen LogP contribution is -2.15. The molecular formula is C32H42. The van der Waals surface area contributed by atoms with Crippen LogP contribution < -0.4 is 0 Å². The van der Waals surface area contributed by atoms with Gasteiger partial charge in [0.15, 0.2) is 0 Å². The molecule has 0 aliphatic heterocycles. The van der Waals surface area contributed by atoms with E-state index in [-0.39, 0.29) is 0 Å². The fraction of sp³-hybridized carbons (Fsp3) is 0.500. The summed E-state index contributed by atoms with van der Waals surface area (Å²) < 4.78 is 0. The van der Waals surface area contributed by atoms with E-state index >= 15 is 0 Å². The van der Waals surface area contributed by atoms with Gasteiger partial charge in [0.1, 0.15) is 0 Å². The van der Waals surface area contributed by atoms with Crippen LogP contribution in [0.1, 0.15) is 99.8 Å². The van der Waals surface area contributed by atoms with Crippen molar-refractivity contribution in [1.82, 2.24) is 0 Å². The molecule has 1 aliphatic carbocycles. The standard InChI is InChI=1S/C32H42/c1-3-5-7-8-10-28-13-17-30(18-14-28)20-22-32-25-23-31(24-26-32)21-19-29-15-11-27(12-16-29)9-6-4-2/h3,13-14,17-18,23-27,29H,1,4-12,15-16,19,21H2,2H3. The van der Waals surface area contributed by atoms with Gasteiger partial charge in [0.2, 0.25) is 0 Å². The van der Waals surface area contributed by atoms with Gasteiger partial charge in [-0.25, -0.2) is 0 Å². The molecule has 0 heterocycles. The molecular weight excluding hydrogens is 384 g/mol. The first kappa shape index (κ1) is 24.4. The van der Waals surface area contributed by atoms with Crippen LogP contribution in [0.5, 0.6) is 0 Å². The molecule has 0 radical (unpaired) electrons. The van der Waals surface area contributed by atoms with Gasteiger partial charge in [0.05, 0.1) is 0 Å². The van der Waals surface area contributed by atoms with E-state index in [1.165, 1.54) is 81.8 Å². The highest BCUT2D eigenvalue weighted by molar-refractivity contribution is 5.44. The Kier molecular flexibility index (Phi) is 10.7. The van der Waals surface area contributed by atoms with E-state index in [1.54, 1.807) is 0 Å². The van der Waals surface area contributed by atoms with Crippen molar-refractivity contribution < 1.29 is 0 Å². The van der Waals surface area contributed by atoms with Crippen LogP contribution in [0.25, 0.3) is 0 Å². The molecule has 0 bridgehead atoms. The second-order valence-corrected chi connectivity index (χ2v) is 9.75. The third kappa shape index (κ3) is 8.70. The van der Waals surface area contributed by atoms with E-state index in [0.717, 1.165) is 35.8 Å². The molecule has 0 spiro atoms. The summed E-state index contributed by atoms with van der Waals surface area (Å²) in [5.74, 6) is 8.61. The van der Waals surface area contributed by atoms with Crippen molar-refractivity contribution in [3.63, 3.8) is 0 Å². The van der Waals surface area contributed by atoms with Crippen LogP contribution in [0.2, 0.25) is 0 Å². The number of aryl methyl sites for hydroxylation is 2. The molecule has 3 rings (SSSR count). The van der Waals surface area contributed by atoms with Crippen LogP contribution in [0.15, 0.2) is 61.2 Å². The van der Waals surface area contributed by atoms with Gasteiger partial charge < -0.3 is 0 Å². The Labute approximate surface area is 197 Å². The van der Waals surface area contributed by atoms with Crippen LogP contribution >= 0.6 is 0 Å². The number of allylic oxidation sites excluding steroid dienone is 1. The van der Waals surface area contributed by atoms with Gasteiger partial charge in [-0.3, -0.25) is 0 Å².